The standard InChI is InChI=1S/C14H19NO/c1-16-12-7-6-11-8-13(15-14(11)9-12)10-4-2-3-5-10/h6-7,9-10,13,15H,2-5,8H2,1H3. The maximum absolute atomic E-state index is 5.26. The Hall–Kier alpha value is -1.18. The lowest BCUT2D eigenvalue weighted by atomic mass is 9.95. The molecule has 1 unspecified atom stereocenters. The number of ether oxygens (including phenoxy) is 1. The highest BCUT2D eigenvalue weighted by Gasteiger charge is 2.30. The Morgan fingerprint density at radius 3 is 2.81 bits per heavy atom. The summed E-state index contributed by atoms with van der Waals surface area (Å²) in [5.74, 6) is 1.84. The Morgan fingerprint density at radius 2 is 2.06 bits per heavy atom. The van der Waals surface area contributed by atoms with Crippen LogP contribution in [-0.2, 0) is 6.42 Å². The molecule has 0 bridgehead atoms. The van der Waals surface area contributed by atoms with Crippen molar-refractivity contribution >= 4 is 5.69 Å². The Bertz CT molecular complexity index is 382. The predicted octanol–water partition coefficient (Wildman–Crippen LogP) is 3.22. The summed E-state index contributed by atoms with van der Waals surface area (Å²) in [5.41, 5.74) is 2.74. The highest BCUT2D eigenvalue weighted by molar-refractivity contribution is 5.60. The third-order valence-corrected chi connectivity index (χ3v) is 4.07. The van der Waals surface area contributed by atoms with E-state index in [9.17, 15) is 0 Å². The Balaban J connectivity index is 1.77. The molecule has 1 saturated carbocycles. The van der Waals surface area contributed by atoms with Gasteiger partial charge in [-0.3, -0.25) is 0 Å². The fraction of sp³-hybridized carbons (Fsp3) is 0.571. The van der Waals surface area contributed by atoms with Crippen molar-refractivity contribution in [2.24, 2.45) is 5.92 Å². The molecule has 0 spiro atoms. The molecular weight excluding hydrogens is 198 g/mol. The first-order valence-corrected chi connectivity index (χ1v) is 6.30. The minimum absolute atomic E-state index is 0.671. The van der Waals surface area contributed by atoms with Gasteiger partial charge in [-0.2, -0.15) is 0 Å². The van der Waals surface area contributed by atoms with Crippen molar-refractivity contribution in [3.8, 4) is 5.75 Å². The van der Waals surface area contributed by atoms with E-state index in [0.29, 0.717) is 6.04 Å². The molecule has 1 aromatic carbocycles. The zero-order valence-corrected chi connectivity index (χ0v) is 9.83. The zero-order chi connectivity index (χ0) is 11.0. The third kappa shape index (κ3) is 1.66. The molecule has 0 saturated heterocycles. The van der Waals surface area contributed by atoms with Crippen LogP contribution in [0.1, 0.15) is 31.2 Å². The number of rotatable bonds is 2. The summed E-state index contributed by atoms with van der Waals surface area (Å²) in [6, 6.07) is 7.07. The zero-order valence-electron chi connectivity index (χ0n) is 9.83. The Kier molecular flexibility index (Phi) is 2.50. The van der Waals surface area contributed by atoms with Gasteiger partial charge in [-0.1, -0.05) is 18.9 Å². The molecular formula is C14H19NO. The van der Waals surface area contributed by atoms with E-state index in [1.165, 1.54) is 43.4 Å². The lowest BCUT2D eigenvalue weighted by Crippen LogP contribution is -2.24. The van der Waals surface area contributed by atoms with E-state index in [2.05, 4.69) is 23.5 Å². The molecule has 1 fully saturated rings. The number of hydrogen-bond donors (Lipinski definition) is 1. The number of anilines is 1. The molecule has 2 nitrogen and oxygen atoms in total. The summed E-state index contributed by atoms with van der Waals surface area (Å²) in [6.07, 6.45) is 6.85. The first kappa shape index (κ1) is 10.0. The lowest BCUT2D eigenvalue weighted by Gasteiger charge is -2.18. The molecule has 1 heterocycles. The van der Waals surface area contributed by atoms with E-state index in [4.69, 9.17) is 4.74 Å². The van der Waals surface area contributed by atoms with Crippen LogP contribution < -0.4 is 10.1 Å². The molecule has 0 radical (unpaired) electrons. The second-order valence-corrected chi connectivity index (χ2v) is 5.02. The first-order valence-electron chi connectivity index (χ1n) is 6.30. The minimum atomic E-state index is 0.671. The van der Waals surface area contributed by atoms with Gasteiger partial charge in [-0.25, -0.2) is 0 Å². The van der Waals surface area contributed by atoms with Crippen LogP contribution in [0.15, 0.2) is 18.2 Å². The molecule has 1 aliphatic carbocycles. The topological polar surface area (TPSA) is 21.3 Å². The molecule has 0 aromatic heterocycles. The molecule has 2 heteroatoms. The molecule has 1 atom stereocenters. The van der Waals surface area contributed by atoms with E-state index in [1.807, 2.05) is 0 Å². The number of hydrogen-bond acceptors (Lipinski definition) is 2. The molecule has 0 amide bonds. The second-order valence-electron chi connectivity index (χ2n) is 5.02. The molecule has 1 aromatic rings. The molecule has 86 valence electrons. The lowest BCUT2D eigenvalue weighted by molar-refractivity contribution is 0.415. The second kappa shape index (κ2) is 4.00. The fourth-order valence-electron chi connectivity index (χ4n) is 3.13. The van der Waals surface area contributed by atoms with Gasteiger partial charge in [-0.15, -0.1) is 0 Å². The SMILES string of the molecule is COc1ccc2c(c1)NC(C1CCCC1)C2. The first-order chi connectivity index (χ1) is 7.86. The average Bonchev–Trinajstić information content (AvgIpc) is 2.96. The predicted molar refractivity (Wildman–Crippen MR) is 66.1 cm³/mol. The van der Waals surface area contributed by atoms with Crippen molar-refractivity contribution in [2.45, 2.75) is 38.1 Å². The van der Waals surface area contributed by atoms with Crippen LogP contribution in [0.2, 0.25) is 0 Å². The molecule has 2 aliphatic rings. The minimum Gasteiger partial charge on any atom is -0.497 e. The summed E-state index contributed by atoms with van der Waals surface area (Å²) >= 11 is 0. The van der Waals surface area contributed by atoms with Gasteiger partial charge < -0.3 is 10.1 Å². The maximum Gasteiger partial charge on any atom is 0.120 e. The average molecular weight is 217 g/mol. The summed E-state index contributed by atoms with van der Waals surface area (Å²) in [7, 11) is 1.73. The van der Waals surface area contributed by atoms with E-state index in [0.717, 1.165) is 11.7 Å². The van der Waals surface area contributed by atoms with E-state index >= 15 is 0 Å². The van der Waals surface area contributed by atoms with Gasteiger partial charge in [0, 0.05) is 17.8 Å². The Morgan fingerprint density at radius 1 is 1.25 bits per heavy atom. The van der Waals surface area contributed by atoms with Gasteiger partial charge in [-0.05, 0) is 36.8 Å². The summed E-state index contributed by atoms with van der Waals surface area (Å²) in [5, 5.41) is 3.67. The monoisotopic (exact) mass is 217 g/mol. The van der Waals surface area contributed by atoms with Crippen LogP contribution in [0.4, 0.5) is 5.69 Å². The van der Waals surface area contributed by atoms with Gasteiger partial charge in [0.05, 0.1) is 7.11 Å². The highest BCUT2D eigenvalue weighted by Crippen LogP contribution is 2.37. The van der Waals surface area contributed by atoms with E-state index in [-0.39, 0.29) is 0 Å². The Labute approximate surface area is 97.0 Å². The van der Waals surface area contributed by atoms with Gasteiger partial charge >= 0.3 is 0 Å². The molecule has 16 heavy (non-hydrogen) atoms. The van der Waals surface area contributed by atoms with Crippen LogP contribution in [0.5, 0.6) is 5.75 Å². The van der Waals surface area contributed by atoms with Crippen molar-refractivity contribution in [1.82, 2.24) is 0 Å². The summed E-state index contributed by atoms with van der Waals surface area (Å²) < 4.78 is 5.26. The van der Waals surface area contributed by atoms with Gasteiger partial charge in [0.15, 0.2) is 0 Å². The van der Waals surface area contributed by atoms with Crippen LogP contribution in [0, 0.1) is 5.92 Å². The largest absolute Gasteiger partial charge is 0.497 e. The smallest absolute Gasteiger partial charge is 0.120 e. The highest BCUT2D eigenvalue weighted by atomic mass is 16.5. The number of fused-ring (bicyclic) bond motifs is 1. The van der Waals surface area contributed by atoms with E-state index < -0.39 is 0 Å². The fourth-order valence-corrected chi connectivity index (χ4v) is 3.13. The van der Waals surface area contributed by atoms with Gasteiger partial charge in [0.25, 0.3) is 0 Å². The van der Waals surface area contributed by atoms with Gasteiger partial charge in [0.2, 0.25) is 0 Å². The normalized spacial score (nSPS) is 24.2. The number of methoxy groups -OCH3 is 1. The van der Waals surface area contributed by atoms with Crippen LogP contribution >= 0.6 is 0 Å². The maximum atomic E-state index is 5.26. The van der Waals surface area contributed by atoms with Crippen molar-refractivity contribution < 1.29 is 4.74 Å². The molecule has 1 N–H and O–H groups in total. The third-order valence-electron chi connectivity index (χ3n) is 4.07. The van der Waals surface area contributed by atoms with Crippen LogP contribution in [-0.4, -0.2) is 13.2 Å². The van der Waals surface area contributed by atoms with Crippen LogP contribution in [0.25, 0.3) is 0 Å². The molecule has 3 rings (SSSR count). The van der Waals surface area contributed by atoms with Crippen molar-refractivity contribution in [3.63, 3.8) is 0 Å². The quantitative estimate of drug-likeness (QED) is 0.821. The summed E-state index contributed by atoms with van der Waals surface area (Å²) in [4.78, 5) is 0. The van der Waals surface area contributed by atoms with Crippen molar-refractivity contribution in [1.29, 1.82) is 0 Å². The molecule has 1 aliphatic heterocycles. The summed E-state index contributed by atoms with van der Waals surface area (Å²) in [6.45, 7) is 0. The van der Waals surface area contributed by atoms with Crippen molar-refractivity contribution in [3.05, 3.63) is 23.8 Å². The number of benzene rings is 1. The van der Waals surface area contributed by atoms with Crippen molar-refractivity contribution in [2.75, 3.05) is 12.4 Å². The van der Waals surface area contributed by atoms with E-state index in [1.54, 1.807) is 7.11 Å². The van der Waals surface area contributed by atoms with Crippen LogP contribution in [0.3, 0.4) is 0 Å². The van der Waals surface area contributed by atoms with Gasteiger partial charge in [0.1, 0.15) is 5.75 Å². The number of nitrogens with one attached hydrogen (secondary N) is 1.